The standard InChI is InChI=1S/C19H20N2O5S/c1-13-12-15(21-11-5-8-19(21)23)9-10-18(13)27(24,25)26-17-7-4-3-6-16(17)20-14(2)22/h3-4,6-7,9-10,12H,5,8,11H2,1-2H3,(H,20,22). The predicted molar refractivity (Wildman–Crippen MR) is 101 cm³/mol. The number of nitrogens with one attached hydrogen (secondary N) is 1. The van der Waals surface area contributed by atoms with Crippen LogP contribution in [-0.4, -0.2) is 26.8 Å². The summed E-state index contributed by atoms with van der Waals surface area (Å²) in [4.78, 5) is 24.8. The van der Waals surface area contributed by atoms with Gasteiger partial charge in [0.1, 0.15) is 4.90 Å². The molecule has 0 spiro atoms. The minimum atomic E-state index is -4.11. The van der Waals surface area contributed by atoms with Crippen LogP contribution in [0.2, 0.25) is 0 Å². The zero-order chi connectivity index (χ0) is 19.6. The van der Waals surface area contributed by atoms with Crippen LogP contribution in [0.25, 0.3) is 0 Å². The molecule has 1 aliphatic rings. The van der Waals surface area contributed by atoms with E-state index in [4.69, 9.17) is 4.18 Å². The van der Waals surface area contributed by atoms with Crippen molar-refractivity contribution < 1.29 is 22.2 Å². The number of nitrogens with zero attached hydrogens (tertiary/aromatic N) is 1. The van der Waals surface area contributed by atoms with Gasteiger partial charge in [-0.15, -0.1) is 0 Å². The highest BCUT2D eigenvalue weighted by Crippen LogP contribution is 2.30. The average Bonchev–Trinajstić information content (AvgIpc) is 3.01. The second-order valence-corrected chi connectivity index (χ2v) is 7.83. The second-order valence-electron chi connectivity index (χ2n) is 6.31. The third kappa shape index (κ3) is 4.11. The molecule has 8 heteroatoms. The lowest BCUT2D eigenvalue weighted by atomic mass is 10.2. The molecule has 7 nitrogen and oxygen atoms in total. The van der Waals surface area contributed by atoms with Gasteiger partial charge in [-0.2, -0.15) is 8.42 Å². The first kappa shape index (κ1) is 18.9. The first-order valence-corrected chi connectivity index (χ1v) is 9.91. The molecule has 3 rings (SSSR count). The summed E-state index contributed by atoms with van der Waals surface area (Å²) < 4.78 is 30.7. The summed E-state index contributed by atoms with van der Waals surface area (Å²) in [5.41, 5.74) is 1.42. The van der Waals surface area contributed by atoms with Crippen LogP contribution in [0.5, 0.6) is 5.75 Å². The third-order valence-electron chi connectivity index (χ3n) is 4.21. The van der Waals surface area contributed by atoms with Crippen LogP contribution >= 0.6 is 0 Å². The number of carbonyl (C=O) groups excluding carboxylic acids is 2. The number of aryl methyl sites for hydroxylation is 1. The molecule has 0 saturated carbocycles. The summed E-state index contributed by atoms with van der Waals surface area (Å²) in [6.07, 6.45) is 1.29. The molecular weight excluding hydrogens is 368 g/mol. The van der Waals surface area contributed by atoms with Gasteiger partial charge in [-0.05, 0) is 49.2 Å². The Morgan fingerprint density at radius 2 is 1.93 bits per heavy atom. The quantitative estimate of drug-likeness (QED) is 0.795. The van der Waals surface area contributed by atoms with Crippen molar-refractivity contribution in [2.45, 2.75) is 31.6 Å². The fraction of sp³-hybridized carbons (Fsp3) is 0.263. The Hall–Kier alpha value is -2.87. The molecule has 2 aromatic carbocycles. The fourth-order valence-electron chi connectivity index (χ4n) is 3.00. The topological polar surface area (TPSA) is 92.8 Å². The van der Waals surface area contributed by atoms with E-state index in [9.17, 15) is 18.0 Å². The van der Waals surface area contributed by atoms with Gasteiger partial charge in [0.2, 0.25) is 11.8 Å². The van der Waals surface area contributed by atoms with Gasteiger partial charge in [-0.25, -0.2) is 0 Å². The summed E-state index contributed by atoms with van der Waals surface area (Å²) in [6, 6.07) is 11.0. The van der Waals surface area contributed by atoms with Crippen molar-refractivity contribution in [3.05, 3.63) is 48.0 Å². The molecule has 142 valence electrons. The Morgan fingerprint density at radius 3 is 2.56 bits per heavy atom. The van der Waals surface area contributed by atoms with Crippen LogP contribution in [0.4, 0.5) is 11.4 Å². The Morgan fingerprint density at radius 1 is 1.19 bits per heavy atom. The van der Waals surface area contributed by atoms with Crippen LogP contribution in [0, 0.1) is 6.92 Å². The van der Waals surface area contributed by atoms with E-state index >= 15 is 0 Å². The minimum Gasteiger partial charge on any atom is -0.377 e. The maximum atomic E-state index is 12.7. The van der Waals surface area contributed by atoms with Crippen LogP contribution < -0.4 is 14.4 Å². The molecular formula is C19H20N2O5S. The number of carbonyl (C=O) groups is 2. The molecule has 0 unspecified atom stereocenters. The van der Waals surface area contributed by atoms with E-state index in [1.807, 2.05) is 0 Å². The average molecular weight is 388 g/mol. The van der Waals surface area contributed by atoms with Crippen molar-refractivity contribution in [3.8, 4) is 5.75 Å². The zero-order valence-electron chi connectivity index (χ0n) is 15.1. The van der Waals surface area contributed by atoms with Gasteiger partial charge in [-0.1, -0.05) is 12.1 Å². The molecule has 0 bridgehead atoms. The Labute approximate surface area is 158 Å². The van der Waals surface area contributed by atoms with Gasteiger partial charge in [-0.3, -0.25) is 9.59 Å². The van der Waals surface area contributed by atoms with Crippen molar-refractivity contribution >= 4 is 33.3 Å². The number of para-hydroxylation sites is 2. The van der Waals surface area contributed by atoms with Crippen molar-refractivity contribution in [1.29, 1.82) is 0 Å². The first-order chi connectivity index (χ1) is 12.8. The lowest BCUT2D eigenvalue weighted by Gasteiger charge is -2.18. The van der Waals surface area contributed by atoms with Crippen molar-refractivity contribution in [1.82, 2.24) is 0 Å². The van der Waals surface area contributed by atoms with Crippen LogP contribution in [0.15, 0.2) is 47.4 Å². The Balaban J connectivity index is 1.90. The molecule has 0 atom stereocenters. The molecule has 0 radical (unpaired) electrons. The maximum Gasteiger partial charge on any atom is 0.339 e. The summed E-state index contributed by atoms with van der Waals surface area (Å²) in [7, 11) is -4.11. The SMILES string of the molecule is CC(=O)Nc1ccccc1OS(=O)(=O)c1ccc(N2CCCC2=O)cc1C. The third-order valence-corrected chi connectivity index (χ3v) is 5.61. The summed E-state index contributed by atoms with van der Waals surface area (Å²) in [6.45, 7) is 3.61. The second kappa shape index (κ2) is 7.40. The highest BCUT2D eigenvalue weighted by Gasteiger charge is 2.25. The molecule has 2 amide bonds. The number of anilines is 2. The lowest BCUT2D eigenvalue weighted by Crippen LogP contribution is -2.24. The number of rotatable bonds is 5. The van der Waals surface area contributed by atoms with Gasteiger partial charge in [0, 0.05) is 25.6 Å². The van der Waals surface area contributed by atoms with Crippen LogP contribution in [0.3, 0.4) is 0 Å². The molecule has 1 saturated heterocycles. The molecule has 1 N–H and O–H groups in total. The molecule has 1 fully saturated rings. The van der Waals surface area contributed by atoms with E-state index < -0.39 is 10.1 Å². The molecule has 0 aliphatic carbocycles. The van der Waals surface area contributed by atoms with Gasteiger partial charge in [0.15, 0.2) is 5.75 Å². The number of hydrogen-bond acceptors (Lipinski definition) is 5. The summed E-state index contributed by atoms with van der Waals surface area (Å²) >= 11 is 0. The molecule has 27 heavy (non-hydrogen) atoms. The van der Waals surface area contributed by atoms with Gasteiger partial charge >= 0.3 is 10.1 Å². The summed E-state index contributed by atoms with van der Waals surface area (Å²) in [5, 5.41) is 2.54. The van der Waals surface area contributed by atoms with E-state index in [2.05, 4.69) is 5.32 Å². The highest BCUT2D eigenvalue weighted by atomic mass is 32.2. The minimum absolute atomic E-state index is 0.00974. The van der Waals surface area contributed by atoms with E-state index in [1.54, 1.807) is 42.2 Å². The molecule has 1 aliphatic heterocycles. The largest absolute Gasteiger partial charge is 0.377 e. The lowest BCUT2D eigenvalue weighted by molar-refractivity contribution is -0.117. The van der Waals surface area contributed by atoms with E-state index in [1.165, 1.54) is 19.1 Å². The Kier molecular flexibility index (Phi) is 5.18. The zero-order valence-corrected chi connectivity index (χ0v) is 15.9. The highest BCUT2D eigenvalue weighted by molar-refractivity contribution is 7.87. The van der Waals surface area contributed by atoms with Crippen molar-refractivity contribution in [2.75, 3.05) is 16.8 Å². The van der Waals surface area contributed by atoms with E-state index in [0.29, 0.717) is 24.2 Å². The normalized spacial score (nSPS) is 14.3. The predicted octanol–water partition coefficient (Wildman–Crippen LogP) is 2.85. The smallest absolute Gasteiger partial charge is 0.339 e. The molecule has 2 aromatic rings. The van der Waals surface area contributed by atoms with Gasteiger partial charge in [0.25, 0.3) is 0 Å². The monoisotopic (exact) mass is 388 g/mol. The summed E-state index contributed by atoms with van der Waals surface area (Å²) in [5.74, 6) is -0.268. The Bertz CT molecular complexity index is 1000. The molecule has 1 heterocycles. The first-order valence-electron chi connectivity index (χ1n) is 8.50. The van der Waals surface area contributed by atoms with Crippen LogP contribution in [-0.2, 0) is 19.7 Å². The van der Waals surface area contributed by atoms with Crippen LogP contribution in [0.1, 0.15) is 25.3 Å². The number of benzene rings is 2. The molecule has 0 aromatic heterocycles. The number of hydrogen-bond donors (Lipinski definition) is 1. The number of amides is 2. The van der Waals surface area contributed by atoms with E-state index in [0.717, 1.165) is 6.42 Å². The van der Waals surface area contributed by atoms with E-state index in [-0.39, 0.29) is 28.1 Å². The van der Waals surface area contributed by atoms with Gasteiger partial charge < -0.3 is 14.4 Å². The van der Waals surface area contributed by atoms with Crippen molar-refractivity contribution in [3.63, 3.8) is 0 Å². The maximum absolute atomic E-state index is 12.7. The van der Waals surface area contributed by atoms with Gasteiger partial charge in [0.05, 0.1) is 5.69 Å². The van der Waals surface area contributed by atoms with Crippen molar-refractivity contribution in [2.24, 2.45) is 0 Å². The fourth-order valence-corrected chi connectivity index (χ4v) is 4.16.